The lowest BCUT2D eigenvalue weighted by Gasteiger charge is -2.30. The first kappa shape index (κ1) is 21.7. The lowest BCUT2D eigenvalue weighted by atomic mass is 10.0. The van der Waals surface area contributed by atoms with E-state index < -0.39 is 29.3 Å². The zero-order valence-electron chi connectivity index (χ0n) is 16.1. The lowest BCUT2D eigenvalue weighted by molar-refractivity contribution is 0.182. The van der Waals surface area contributed by atoms with Gasteiger partial charge in [-0.1, -0.05) is 23.7 Å². The van der Waals surface area contributed by atoms with Crippen LogP contribution in [0.2, 0.25) is 5.02 Å². The minimum absolute atomic E-state index is 0.0883. The number of aromatic amines is 1. The topological polar surface area (TPSA) is 85.4 Å². The SMILES string of the molecule is C[C@H](c1c[nH]c(=O)c2c(F)cccc12)N(CCCO)C(=O)Nc1ccc(F)c(Cl)c1. The van der Waals surface area contributed by atoms with Gasteiger partial charge in [-0.15, -0.1) is 0 Å². The molecule has 1 aromatic heterocycles. The molecule has 0 fully saturated rings. The Kier molecular flexibility index (Phi) is 6.69. The quantitative estimate of drug-likeness (QED) is 0.535. The summed E-state index contributed by atoms with van der Waals surface area (Å²) in [6.45, 7) is 1.78. The summed E-state index contributed by atoms with van der Waals surface area (Å²) in [5.41, 5.74) is 0.269. The number of hydrogen-bond donors (Lipinski definition) is 3. The fraction of sp³-hybridized carbons (Fsp3) is 0.238. The molecule has 2 amide bonds. The molecule has 3 N–H and O–H groups in total. The Morgan fingerprint density at radius 2 is 2.03 bits per heavy atom. The van der Waals surface area contributed by atoms with Crippen LogP contribution in [0.3, 0.4) is 0 Å². The molecule has 0 radical (unpaired) electrons. The molecule has 1 atom stereocenters. The molecule has 0 aliphatic rings. The number of urea groups is 1. The Labute approximate surface area is 176 Å². The summed E-state index contributed by atoms with van der Waals surface area (Å²) < 4.78 is 27.6. The Balaban J connectivity index is 1.97. The largest absolute Gasteiger partial charge is 0.396 e. The summed E-state index contributed by atoms with van der Waals surface area (Å²) in [7, 11) is 0. The first-order valence-electron chi connectivity index (χ1n) is 9.26. The van der Waals surface area contributed by atoms with Gasteiger partial charge in [0.05, 0.1) is 16.5 Å². The van der Waals surface area contributed by atoms with Gasteiger partial charge < -0.3 is 20.3 Å². The summed E-state index contributed by atoms with van der Waals surface area (Å²) >= 11 is 5.77. The summed E-state index contributed by atoms with van der Waals surface area (Å²) in [5, 5.41) is 12.0. The van der Waals surface area contributed by atoms with Crippen molar-refractivity contribution in [3.63, 3.8) is 0 Å². The Morgan fingerprint density at radius 3 is 2.73 bits per heavy atom. The molecule has 0 saturated heterocycles. The fourth-order valence-corrected chi connectivity index (χ4v) is 3.46. The van der Waals surface area contributed by atoms with Crippen molar-refractivity contribution < 1.29 is 18.7 Å². The number of fused-ring (bicyclic) bond motifs is 1. The van der Waals surface area contributed by atoms with Gasteiger partial charge in [0.1, 0.15) is 11.6 Å². The minimum atomic E-state index is -0.657. The molecule has 0 bridgehead atoms. The van der Waals surface area contributed by atoms with Crippen LogP contribution in [0.25, 0.3) is 10.8 Å². The first-order chi connectivity index (χ1) is 14.3. The zero-order chi connectivity index (χ0) is 21.8. The van der Waals surface area contributed by atoms with Crippen LogP contribution >= 0.6 is 11.6 Å². The van der Waals surface area contributed by atoms with Crippen LogP contribution in [0.15, 0.2) is 47.4 Å². The number of aliphatic hydroxyl groups excluding tert-OH is 1. The molecule has 1 heterocycles. The van der Waals surface area contributed by atoms with Crippen LogP contribution in [0.4, 0.5) is 19.3 Å². The van der Waals surface area contributed by atoms with E-state index in [0.29, 0.717) is 23.1 Å². The summed E-state index contributed by atoms with van der Waals surface area (Å²) in [6, 6.07) is 7.00. The first-order valence-corrected chi connectivity index (χ1v) is 9.64. The van der Waals surface area contributed by atoms with Crippen molar-refractivity contribution in [2.75, 3.05) is 18.5 Å². The molecular formula is C21H20ClF2N3O3. The van der Waals surface area contributed by atoms with Crippen molar-refractivity contribution in [3.05, 3.63) is 75.2 Å². The molecule has 0 spiro atoms. The highest BCUT2D eigenvalue weighted by molar-refractivity contribution is 6.31. The number of anilines is 1. The van der Waals surface area contributed by atoms with Crippen molar-refractivity contribution in [3.8, 4) is 0 Å². The van der Waals surface area contributed by atoms with Crippen LogP contribution in [0.1, 0.15) is 24.9 Å². The number of rotatable bonds is 6. The number of H-pyrrole nitrogens is 1. The summed E-state index contributed by atoms with van der Waals surface area (Å²) in [5.74, 6) is -1.27. The number of carbonyl (C=O) groups excluding carboxylic acids is 1. The smallest absolute Gasteiger partial charge is 0.322 e. The van der Waals surface area contributed by atoms with Gasteiger partial charge in [-0.05, 0) is 48.6 Å². The number of halogens is 3. The van der Waals surface area contributed by atoms with Crippen LogP contribution < -0.4 is 10.9 Å². The predicted molar refractivity (Wildman–Crippen MR) is 112 cm³/mol. The van der Waals surface area contributed by atoms with Crippen molar-refractivity contribution in [1.29, 1.82) is 0 Å². The number of benzene rings is 2. The number of aromatic nitrogens is 1. The van der Waals surface area contributed by atoms with Crippen LogP contribution in [-0.4, -0.2) is 34.2 Å². The average Bonchev–Trinajstić information content (AvgIpc) is 2.71. The highest BCUT2D eigenvalue weighted by atomic mass is 35.5. The van der Waals surface area contributed by atoms with Crippen LogP contribution in [-0.2, 0) is 0 Å². The maximum Gasteiger partial charge on any atom is 0.322 e. The molecule has 30 heavy (non-hydrogen) atoms. The van der Waals surface area contributed by atoms with Gasteiger partial charge in [0.15, 0.2) is 0 Å². The summed E-state index contributed by atoms with van der Waals surface area (Å²) in [4.78, 5) is 29.0. The van der Waals surface area contributed by atoms with Gasteiger partial charge >= 0.3 is 6.03 Å². The zero-order valence-corrected chi connectivity index (χ0v) is 16.8. The van der Waals surface area contributed by atoms with Gasteiger partial charge in [0, 0.05) is 25.0 Å². The van der Waals surface area contributed by atoms with Gasteiger partial charge in [0.2, 0.25) is 0 Å². The second kappa shape index (κ2) is 9.23. The van der Waals surface area contributed by atoms with E-state index in [-0.39, 0.29) is 23.6 Å². The molecule has 2 aromatic carbocycles. The highest BCUT2D eigenvalue weighted by Gasteiger charge is 2.24. The number of carbonyl (C=O) groups is 1. The number of hydrogen-bond acceptors (Lipinski definition) is 3. The minimum Gasteiger partial charge on any atom is -0.396 e. The second-order valence-electron chi connectivity index (χ2n) is 6.74. The predicted octanol–water partition coefficient (Wildman–Crippen LogP) is 4.44. The van der Waals surface area contributed by atoms with Crippen LogP contribution in [0, 0.1) is 11.6 Å². The molecule has 3 aromatic rings. The van der Waals surface area contributed by atoms with E-state index in [1.165, 1.54) is 35.4 Å². The van der Waals surface area contributed by atoms with E-state index in [2.05, 4.69) is 10.3 Å². The van der Waals surface area contributed by atoms with Gasteiger partial charge in [-0.2, -0.15) is 0 Å². The molecular weight excluding hydrogens is 416 g/mol. The normalized spacial score (nSPS) is 12.0. The molecule has 3 rings (SSSR count). The van der Waals surface area contributed by atoms with E-state index >= 15 is 0 Å². The van der Waals surface area contributed by atoms with Crippen molar-refractivity contribution >= 4 is 34.1 Å². The Hall–Kier alpha value is -2.97. The number of amides is 2. The Bertz CT molecular complexity index is 1140. The molecule has 9 heteroatoms. The van der Waals surface area contributed by atoms with Crippen molar-refractivity contribution in [2.45, 2.75) is 19.4 Å². The number of nitrogens with zero attached hydrogens (tertiary/aromatic N) is 1. The second-order valence-corrected chi connectivity index (χ2v) is 7.15. The van der Waals surface area contributed by atoms with Crippen LogP contribution in [0.5, 0.6) is 0 Å². The summed E-state index contributed by atoms with van der Waals surface area (Å²) in [6.07, 6.45) is 1.75. The third kappa shape index (κ3) is 4.44. The van der Waals surface area contributed by atoms with Crippen molar-refractivity contribution in [2.24, 2.45) is 0 Å². The van der Waals surface area contributed by atoms with Gasteiger partial charge in [-0.25, -0.2) is 13.6 Å². The monoisotopic (exact) mass is 435 g/mol. The molecule has 0 saturated carbocycles. The van der Waals surface area contributed by atoms with E-state index in [4.69, 9.17) is 11.6 Å². The van der Waals surface area contributed by atoms with E-state index in [9.17, 15) is 23.5 Å². The van der Waals surface area contributed by atoms with E-state index in [1.807, 2.05) is 0 Å². The average molecular weight is 436 g/mol. The maximum absolute atomic E-state index is 14.2. The van der Waals surface area contributed by atoms with Gasteiger partial charge in [0.25, 0.3) is 5.56 Å². The maximum atomic E-state index is 14.2. The third-order valence-electron chi connectivity index (χ3n) is 4.82. The third-order valence-corrected chi connectivity index (χ3v) is 5.11. The van der Waals surface area contributed by atoms with Gasteiger partial charge in [-0.3, -0.25) is 4.79 Å². The fourth-order valence-electron chi connectivity index (χ4n) is 3.28. The molecule has 0 unspecified atom stereocenters. The Morgan fingerprint density at radius 1 is 1.27 bits per heavy atom. The molecule has 0 aliphatic heterocycles. The lowest BCUT2D eigenvalue weighted by Crippen LogP contribution is -2.38. The number of nitrogens with one attached hydrogen (secondary N) is 2. The molecule has 6 nitrogen and oxygen atoms in total. The standard InChI is InChI=1S/C21H20ClF2N3O3/c1-12(15-11-25-20(29)19-14(15)4-2-5-18(19)24)27(8-3-9-28)21(30)26-13-6-7-17(23)16(22)10-13/h2,4-7,10-12,28H,3,8-9H2,1H3,(H,25,29)(H,26,30)/t12-/m1/s1. The number of aliphatic hydroxyl groups is 1. The van der Waals surface area contributed by atoms with Crippen molar-refractivity contribution in [1.82, 2.24) is 9.88 Å². The van der Waals surface area contributed by atoms with E-state index in [1.54, 1.807) is 13.0 Å². The highest BCUT2D eigenvalue weighted by Crippen LogP contribution is 2.28. The number of pyridine rings is 1. The molecule has 0 aliphatic carbocycles. The van der Waals surface area contributed by atoms with E-state index in [0.717, 1.165) is 6.07 Å². The molecule has 158 valence electrons.